The molecule has 2 nitrogen and oxygen atoms in total. The van der Waals surface area contributed by atoms with Gasteiger partial charge in [0, 0.05) is 16.7 Å². The summed E-state index contributed by atoms with van der Waals surface area (Å²) in [4.78, 5) is 5.64. The smallest absolute Gasteiger partial charge is 0.119 e. The van der Waals surface area contributed by atoms with E-state index in [2.05, 4.69) is 23.4 Å². The Kier molecular flexibility index (Phi) is 5.35. The van der Waals surface area contributed by atoms with Crippen LogP contribution >= 0.6 is 34.7 Å². The molecule has 1 heterocycles. The largest absolute Gasteiger partial charge is 0.493 e. The number of thioether (sulfide) groups is 1. The first-order valence-corrected chi connectivity index (χ1v) is 8.22. The first-order chi connectivity index (χ1) is 8.81. The minimum Gasteiger partial charge on any atom is -0.493 e. The van der Waals surface area contributed by atoms with Crippen LogP contribution in [-0.4, -0.2) is 17.8 Å². The van der Waals surface area contributed by atoms with Gasteiger partial charge in [0.2, 0.25) is 0 Å². The summed E-state index contributed by atoms with van der Waals surface area (Å²) in [6.07, 6.45) is 2.89. The Morgan fingerprint density at radius 1 is 1.33 bits per heavy atom. The van der Waals surface area contributed by atoms with Gasteiger partial charge in [0.1, 0.15) is 5.75 Å². The van der Waals surface area contributed by atoms with Crippen LogP contribution in [0.1, 0.15) is 10.7 Å². The molecule has 2 rings (SSSR count). The molecule has 0 N–H and O–H groups in total. The summed E-state index contributed by atoms with van der Waals surface area (Å²) >= 11 is 9.07. The van der Waals surface area contributed by atoms with Crippen molar-refractivity contribution in [2.45, 2.75) is 17.2 Å². The lowest BCUT2D eigenvalue weighted by molar-refractivity contribution is 0.321. The summed E-state index contributed by atoms with van der Waals surface area (Å²) in [6, 6.07) is 8.12. The van der Waals surface area contributed by atoms with Crippen LogP contribution in [-0.2, 0) is 12.3 Å². The Labute approximate surface area is 120 Å². The maximum absolute atomic E-state index is 5.71. The van der Waals surface area contributed by atoms with Crippen LogP contribution < -0.4 is 4.74 Å². The van der Waals surface area contributed by atoms with Crippen molar-refractivity contribution in [3.8, 4) is 5.75 Å². The van der Waals surface area contributed by atoms with Gasteiger partial charge in [0.05, 0.1) is 23.2 Å². The van der Waals surface area contributed by atoms with Crippen molar-refractivity contribution in [2.75, 3.05) is 12.9 Å². The summed E-state index contributed by atoms with van der Waals surface area (Å²) in [7, 11) is 0. The quantitative estimate of drug-likeness (QED) is 0.589. The standard InChI is InChI=1S/C13H14ClNOS2/c1-17-12-4-2-11(3-5-12)16-7-6-13-15-10(8-14)9-18-13/h2-5,9H,6-8H2,1H3. The van der Waals surface area contributed by atoms with Crippen molar-refractivity contribution < 1.29 is 4.74 Å². The highest BCUT2D eigenvalue weighted by molar-refractivity contribution is 7.98. The molecule has 1 aromatic carbocycles. The Hall–Kier alpha value is -0.710. The number of rotatable bonds is 6. The molecule has 0 radical (unpaired) electrons. The third kappa shape index (κ3) is 3.90. The number of halogens is 1. The highest BCUT2D eigenvalue weighted by Gasteiger charge is 2.01. The van der Waals surface area contributed by atoms with Gasteiger partial charge in [-0.2, -0.15) is 0 Å². The summed E-state index contributed by atoms with van der Waals surface area (Å²) in [6.45, 7) is 0.647. The third-order valence-corrected chi connectivity index (χ3v) is 4.36. The first kappa shape index (κ1) is 13.7. The Morgan fingerprint density at radius 3 is 2.72 bits per heavy atom. The Morgan fingerprint density at radius 2 is 2.11 bits per heavy atom. The lowest BCUT2D eigenvalue weighted by Crippen LogP contribution is -2.01. The van der Waals surface area contributed by atoms with E-state index in [1.54, 1.807) is 23.1 Å². The second-order valence-electron chi connectivity index (χ2n) is 3.64. The third-order valence-electron chi connectivity index (χ3n) is 2.38. The van der Waals surface area contributed by atoms with Crippen LogP contribution in [0.3, 0.4) is 0 Å². The van der Waals surface area contributed by atoms with E-state index in [-0.39, 0.29) is 0 Å². The number of thiazole rings is 1. The van der Waals surface area contributed by atoms with Crippen molar-refractivity contribution in [1.29, 1.82) is 0 Å². The molecule has 2 aromatic rings. The molecule has 0 unspecified atom stereocenters. The summed E-state index contributed by atoms with van der Waals surface area (Å²) in [5, 5.41) is 3.07. The molecule has 96 valence electrons. The van der Waals surface area contributed by atoms with Crippen LogP contribution in [0.15, 0.2) is 34.5 Å². The topological polar surface area (TPSA) is 22.1 Å². The van der Waals surface area contributed by atoms with Gasteiger partial charge in [-0.15, -0.1) is 34.7 Å². The zero-order valence-corrected chi connectivity index (χ0v) is 12.4. The van der Waals surface area contributed by atoms with E-state index in [1.807, 2.05) is 17.5 Å². The molecule has 0 saturated carbocycles. The van der Waals surface area contributed by atoms with E-state index in [4.69, 9.17) is 16.3 Å². The normalized spacial score (nSPS) is 10.6. The van der Waals surface area contributed by atoms with Crippen LogP contribution in [0.2, 0.25) is 0 Å². The van der Waals surface area contributed by atoms with E-state index >= 15 is 0 Å². The Bertz CT molecular complexity index is 484. The minimum atomic E-state index is 0.480. The van der Waals surface area contributed by atoms with Gasteiger partial charge in [-0.3, -0.25) is 0 Å². The fourth-order valence-corrected chi connectivity index (χ4v) is 2.87. The molecule has 0 saturated heterocycles. The second-order valence-corrected chi connectivity index (χ2v) is 5.73. The van der Waals surface area contributed by atoms with Gasteiger partial charge >= 0.3 is 0 Å². The van der Waals surface area contributed by atoms with Gasteiger partial charge in [-0.1, -0.05) is 0 Å². The molecule has 0 aliphatic heterocycles. The predicted octanol–water partition coefficient (Wildman–Crippen LogP) is 4.23. The molecule has 1 aromatic heterocycles. The van der Waals surface area contributed by atoms with Crippen LogP contribution in [0, 0.1) is 0 Å². The molecule has 0 spiro atoms. The molecule has 0 fully saturated rings. The molecule has 0 atom stereocenters. The molecule has 5 heteroatoms. The SMILES string of the molecule is CSc1ccc(OCCc2nc(CCl)cs2)cc1. The average Bonchev–Trinajstić information content (AvgIpc) is 2.87. The van der Waals surface area contributed by atoms with E-state index in [0.717, 1.165) is 22.9 Å². The van der Waals surface area contributed by atoms with Crippen molar-refractivity contribution in [3.05, 3.63) is 40.3 Å². The fraction of sp³-hybridized carbons (Fsp3) is 0.308. The zero-order chi connectivity index (χ0) is 12.8. The lowest BCUT2D eigenvalue weighted by Gasteiger charge is -2.05. The fourth-order valence-electron chi connectivity index (χ4n) is 1.45. The maximum atomic E-state index is 5.71. The Balaban J connectivity index is 1.80. The van der Waals surface area contributed by atoms with Gasteiger partial charge in [0.15, 0.2) is 0 Å². The molecule has 0 aliphatic carbocycles. The number of benzene rings is 1. The monoisotopic (exact) mass is 299 g/mol. The number of alkyl halides is 1. The molecule has 0 aliphatic rings. The molecule has 0 bridgehead atoms. The number of hydrogen-bond donors (Lipinski definition) is 0. The van der Waals surface area contributed by atoms with Crippen molar-refractivity contribution in [3.63, 3.8) is 0 Å². The van der Waals surface area contributed by atoms with Gasteiger partial charge < -0.3 is 4.74 Å². The second kappa shape index (κ2) is 7.02. The van der Waals surface area contributed by atoms with Crippen molar-refractivity contribution >= 4 is 34.7 Å². The molecule has 0 amide bonds. The lowest BCUT2D eigenvalue weighted by atomic mass is 10.3. The highest BCUT2D eigenvalue weighted by Crippen LogP contribution is 2.19. The minimum absolute atomic E-state index is 0.480. The van der Waals surface area contributed by atoms with Crippen LogP contribution in [0.4, 0.5) is 0 Å². The molecular weight excluding hydrogens is 286 g/mol. The average molecular weight is 300 g/mol. The van der Waals surface area contributed by atoms with Gasteiger partial charge in [-0.25, -0.2) is 4.98 Å². The van der Waals surface area contributed by atoms with E-state index < -0.39 is 0 Å². The first-order valence-electron chi connectivity index (χ1n) is 5.58. The van der Waals surface area contributed by atoms with E-state index in [9.17, 15) is 0 Å². The van der Waals surface area contributed by atoms with Crippen molar-refractivity contribution in [1.82, 2.24) is 4.98 Å². The van der Waals surface area contributed by atoms with E-state index in [0.29, 0.717) is 12.5 Å². The maximum Gasteiger partial charge on any atom is 0.119 e. The number of nitrogens with zero attached hydrogens (tertiary/aromatic N) is 1. The van der Waals surface area contributed by atoms with Crippen LogP contribution in [0.5, 0.6) is 5.75 Å². The number of hydrogen-bond acceptors (Lipinski definition) is 4. The summed E-state index contributed by atoms with van der Waals surface area (Å²) < 4.78 is 5.68. The van der Waals surface area contributed by atoms with Crippen LogP contribution in [0.25, 0.3) is 0 Å². The molecule has 18 heavy (non-hydrogen) atoms. The number of ether oxygens (including phenoxy) is 1. The van der Waals surface area contributed by atoms with Gasteiger partial charge in [0.25, 0.3) is 0 Å². The highest BCUT2D eigenvalue weighted by atomic mass is 35.5. The van der Waals surface area contributed by atoms with E-state index in [1.165, 1.54) is 4.90 Å². The van der Waals surface area contributed by atoms with Gasteiger partial charge in [-0.05, 0) is 30.5 Å². The van der Waals surface area contributed by atoms with Crippen molar-refractivity contribution in [2.24, 2.45) is 0 Å². The molecular formula is C13H14ClNOS2. The summed E-state index contributed by atoms with van der Waals surface area (Å²) in [5.74, 6) is 1.38. The predicted molar refractivity (Wildman–Crippen MR) is 79.1 cm³/mol. The zero-order valence-electron chi connectivity index (χ0n) is 10.1. The number of aromatic nitrogens is 1. The summed E-state index contributed by atoms with van der Waals surface area (Å²) in [5.41, 5.74) is 0.945.